The van der Waals surface area contributed by atoms with Crippen molar-refractivity contribution < 1.29 is 0 Å². The van der Waals surface area contributed by atoms with Gasteiger partial charge >= 0.3 is 6.85 Å². The highest BCUT2D eigenvalue weighted by Crippen LogP contribution is 2.53. The molecule has 0 bridgehead atoms. The maximum absolute atomic E-state index is 2.77. The first-order valence-electron chi connectivity index (χ1n) is 20.6. The maximum atomic E-state index is 2.77. The van der Waals surface area contributed by atoms with Gasteiger partial charge in [0.05, 0.1) is 5.69 Å². The molecule has 2 aromatic heterocycles. The minimum atomic E-state index is -0.0680. The molecule has 57 heavy (non-hydrogen) atoms. The van der Waals surface area contributed by atoms with E-state index in [1.807, 2.05) is 11.3 Å². The third kappa shape index (κ3) is 5.43. The second kappa shape index (κ2) is 12.3. The number of thiophene rings is 1. The molecule has 4 heteroatoms. The van der Waals surface area contributed by atoms with E-state index in [1.54, 1.807) is 0 Å². The first kappa shape index (κ1) is 36.1. The fraction of sp³-hybridized carbons (Fsp3) is 0.245. The number of hydrogen-bond donors (Lipinski definition) is 0. The van der Waals surface area contributed by atoms with E-state index in [0.717, 1.165) is 0 Å². The minimum absolute atomic E-state index is 0.0232. The number of fused-ring (bicyclic) bond motifs is 6. The van der Waals surface area contributed by atoms with Crippen molar-refractivity contribution in [3.63, 3.8) is 0 Å². The Bertz CT molecular complexity index is 2910. The second-order valence-electron chi connectivity index (χ2n) is 19.5. The molecule has 0 amide bonds. The zero-order valence-corrected chi connectivity index (χ0v) is 35.8. The third-order valence-corrected chi connectivity index (χ3v) is 13.8. The Hall–Kier alpha value is -5.32. The standard InChI is InChI=1S/C53H51BN2S/c1-32-18-14-15-21-38(32)45-42-30-35(52(5,6)7)29-41-40-28-36(53(8,9)10)31-43-46(40)54(56(48(41)42)47(45)33-19-12-11-13-20-33)50-49(39-22-16-17-23-44(39)57-50)55(43)37-26-24-34(25-27-37)51(2,3)4/h11-31H,1-10H3. The van der Waals surface area contributed by atoms with Crippen LogP contribution in [0.4, 0.5) is 17.1 Å². The predicted octanol–water partition coefficient (Wildman–Crippen LogP) is 13.8. The Kier molecular flexibility index (Phi) is 7.81. The van der Waals surface area contributed by atoms with Crippen LogP contribution in [-0.2, 0) is 16.2 Å². The Morgan fingerprint density at radius 2 is 1.16 bits per heavy atom. The number of benzene rings is 6. The van der Waals surface area contributed by atoms with Crippen molar-refractivity contribution in [3.8, 4) is 33.5 Å². The average Bonchev–Trinajstić information content (AvgIpc) is 3.72. The molecule has 2 aliphatic rings. The number of aromatic nitrogens is 1. The fourth-order valence-electron chi connectivity index (χ4n) is 9.46. The normalized spacial score (nSPS) is 13.7. The molecule has 0 N–H and O–H groups in total. The van der Waals surface area contributed by atoms with Crippen molar-refractivity contribution in [2.45, 2.75) is 85.5 Å². The highest BCUT2D eigenvalue weighted by Gasteiger charge is 2.46. The van der Waals surface area contributed by atoms with E-state index in [-0.39, 0.29) is 23.1 Å². The summed E-state index contributed by atoms with van der Waals surface area (Å²) in [6, 6.07) is 48.8. The number of aryl methyl sites for hydroxylation is 1. The van der Waals surface area contributed by atoms with Crippen LogP contribution in [-0.4, -0.2) is 11.3 Å². The van der Waals surface area contributed by atoms with Crippen molar-refractivity contribution in [3.05, 3.63) is 150 Å². The molecule has 0 saturated carbocycles. The fourth-order valence-corrected chi connectivity index (χ4v) is 10.7. The van der Waals surface area contributed by atoms with Crippen LogP contribution < -0.4 is 15.1 Å². The van der Waals surface area contributed by atoms with Gasteiger partial charge in [0.25, 0.3) is 0 Å². The van der Waals surface area contributed by atoms with Gasteiger partial charge in [-0.15, -0.1) is 11.3 Å². The van der Waals surface area contributed by atoms with E-state index < -0.39 is 0 Å². The van der Waals surface area contributed by atoms with Crippen LogP contribution in [0.1, 0.15) is 84.6 Å². The molecule has 0 radical (unpaired) electrons. The van der Waals surface area contributed by atoms with Gasteiger partial charge in [0.1, 0.15) is 0 Å². The zero-order valence-electron chi connectivity index (χ0n) is 35.0. The van der Waals surface area contributed by atoms with Gasteiger partial charge in [-0.25, -0.2) is 0 Å². The lowest BCUT2D eigenvalue weighted by Gasteiger charge is -2.41. The van der Waals surface area contributed by atoms with Crippen LogP contribution in [0, 0.1) is 6.92 Å². The van der Waals surface area contributed by atoms with Crippen LogP contribution >= 0.6 is 11.3 Å². The molecule has 6 aromatic carbocycles. The first-order chi connectivity index (χ1) is 27.1. The van der Waals surface area contributed by atoms with Crippen molar-refractivity contribution in [1.29, 1.82) is 0 Å². The van der Waals surface area contributed by atoms with Crippen LogP contribution in [0.2, 0.25) is 0 Å². The molecular weight excluding hydrogens is 707 g/mol. The summed E-state index contributed by atoms with van der Waals surface area (Å²) in [5.74, 6) is 0. The highest BCUT2D eigenvalue weighted by molar-refractivity contribution is 7.31. The van der Waals surface area contributed by atoms with Crippen molar-refractivity contribution in [2.24, 2.45) is 0 Å². The molecule has 2 aliphatic heterocycles. The summed E-state index contributed by atoms with van der Waals surface area (Å²) in [4.78, 5) is 2.62. The van der Waals surface area contributed by atoms with Gasteiger partial charge in [-0.1, -0.05) is 153 Å². The maximum Gasteiger partial charge on any atom is 0.343 e. The molecule has 0 unspecified atom stereocenters. The zero-order chi connectivity index (χ0) is 39.8. The van der Waals surface area contributed by atoms with Crippen LogP contribution in [0.5, 0.6) is 0 Å². The van der Waals surface area contributed by atoms with Gasteiger partial charge in [0, 0.05) is 54.0 Å². The Balaban J connectivity index is 1.43. The number of anilines is 3. The summed E-state index contributed by atoms with van der Waals surface area (Å²) < 4.78 is 5.48. The van der Waals surface area contributed by atoms with E-state index >= 15 is 0 Å². The molecule has 8 aromatic rings. The highest BCUT2D eigenvalue weighted by atomic mass is 32.1. The summed E-state index contributed by atoms with van der Waals surface area (Å²) in [7, 11) is 0. The molecule has 0 spiro atoms. The van der Waals surface area contributed by atoms with Crippen molar-refractivity contribution >= 4 is 66.5 Å². The molecular formula is C53H51BN2S. The molecule has 0 atom stereocenters. The monoisotopic (exact) mass is 758 g/mol. The Morgan fingerprint density at radius 1 is 0.544 bits per heavy atom. The largest absolute Gasteiger partial charge is 0.374 e. The van der Waals surface area contributed by atoms with E-state index in [0.29, 0.717) is 0 Å². The summed E-state index contributed by atoms with van der Waals surface area (Å²) >= 11 is 1.97. The smallest absolute Gasteiger partial charge is 0.343 e. The third-order valence-electron chi connectivity index (χ3n) is 12.6. The minimum Gasteiger partial charge on any atom is -0.374 e. The number of nitrogens with zero attached hydrogens (tertiary/aromatic N) is 2. The molecule has 0 aliphatic carbocycles. The number of hydrogen-bond acceptors (Lipinski definition) is 2. The number of rotatable bonds is 3. The summed E-state index contributed by atoms with van der Waals surface area (Å²) in [5.41, 5.74) is 19.7. The van der Waals surface area contributed by atoms with Gasteiger partial charge in [-0.05, 0) is 104 Å². The van der Waals surface area contributed by atoms with Crippen LogP contribution in [0.25, 0.3) is 54.5 Å². The summed E-state index contributed by atoms with van der Waals surface area (Å²) in [6.07, 6.45) is 0. The molecule has 2 nitrogen and oxygen atoms in total. The molecule has 0 saturated heterocycles. The van der Waals surface area contributed by atoms with Crippen molar-refractivity contribution in [2.75, 3.05) is 4.90 Å². The topological polar surface area (TPSA) is 8.17 Å². The molecule has 10 rings (SSSR count). The lowest BCUT2D eigenvalue weighted by molar-refractivity contribution is 0.589. The summed E-state index contributed by atoms with van der Waals surface area (Å²) in [5, 5.41) is 2.64. The quantitative estimate of drug-likeness (QED) is 0.163. The first-order valence-corrected chi connectivity index (χ1v) is 21.4. The Morgan fingerprint density at radius 3 is 1.84 bits per heavy atom. The SMILES string of the molecule is Cc1ccccc1-c1c(-c2ccccc2)n2c3c(cc(C(C)(C)C)cc13)-c1cc(C(C)(C)C)cc3c1B2c1sc2ccccc2c1N3c1ccc(C(C)(C)C)cc1. The predicted molar refractivity (Wildman–Crippen MR) is 250 cm³/mol. The van der Waals surface area contributed by atoms with Crippen LogP contribution in [0.3, 0.4) is 0 Å². The molecule has 282 valence electrons. The van der Waals surface area contributed by atoms with Crippen LogP contribution in [0.15, 0.2) is 127 Å². The summed E-state index contributed by atoms with van der Waals surface area (Å²) in [6.45, 7) is 23.4. The second-order valence-corrected chi connectivity index (χ2v) is 20.6. The van der Waals surface area contributed by atoms with E-state index in [1.165, 1.54) is 104 Å². The Labute approximate surface area is 342 Å². The average molecular weight is 759 g/mol. The van der Waals surface area contributed by atoms with Gasteiger partial charge in [-0.2, -0.15) is 0 Å². The lowest BCUT2D eigenvalue weighted by Crippen LogP contribution is -2.56. The van der Waals surface area contributed by atoms with Gasteiger partial charge in [-0.3, -0.25) is 0 Å². The van der Waals surface area contributed by atoms with E-state index in [4.69, 9.17) is 0 Å². The van der Waals surface area contributed by atoms with Crippen molar-refractivity contribution in [1.82, 2.24) is 4.48 Å². The van der Waals surface area contributed by atoms with E-state index in [2.05, 4.69) is 206 Å². The molecule has 4 heterocycles. The molecule has 0 fully saturated rings. The van der Waals surface area contributed by atoms with Gasteiger partial charge in [0.15, 0.2) is 0 Å². The van der Waals surface area contributed by atoms with Gasteiger partial charge < -0.3 is 9.38 Å². The van der Waals surface area contributed by atoms with Gasteiger partial charge in [0.2, 0.25) is 0 Å². The lowest BCUT2D eigenvalue weighted by atomic mass is 9.48. The van der Waals surface area contributed by atoms with E-state index in [9.17, 15) is 0 Å².